The maximum Gasteiger partial charge on any atom is 0.224 e. The Morgan fingerprint density at radius 2 is 1.69 bits per heavy atom. The summed E-state index contributed by atoms with van der Waals surface area (Å²) < 4.78 is 17.3. The number of carbonyl (C=O) groups excluding carboxylic acids is 1. The molecule has 0 bridgehead atoms. The average Bonchev–Trinajstić information content (AvgIpc) is 2.80. The van der Waals surface area contributed by atoms with Crippen molar-refractivity contribution in [3.63, 3.8) is 0 Å². The van der Waals surface area contributed by atoms with Gasteiger partial charge in [0.2, 0.25) is 5.91 Å². The SMILES string of the molecule is CCOc1cc(N2CCOCC2)c(OCC)cc1NC(=O)CCc1ccc(C(C)C)cc1. The minimum atomic E-state index is -0.0412. The second kappa shape index (κ2) is 11.8. The number of benzene rings is 2. The monoisotopic (exact) mass is 440 g/mol. The number of ether oxygens (including phenoxy) is 3. The van der Waals surface area contributed by atoms with Gasteiger partial charge in [0.15, 0.2) is 0 Å². The molecule has 32 heavy (non-hydrogen) atoms. The van der Waals surface area contributed by atoms with Crippen molar-refractivity contribution in [2.75, 3.05) is 49.7 Å². The Hall–Kier alpha value is -2.73. The lowest BCUT2D eigenvalue weighted by molar-refractivity contribution is -0.116. The van der Waals surface area contributed by atoms with Crippen LogP contribution in [0, 0.1) is 0 Å². The summed E-state index contributed by atoms with van der Waals surface area (Å²) >= 11 is 0. The van der Waals surface area contributed by atoms with Crippen LogP contribution in [0.5, 0.6) is 11.5 Å². The molecule has 0 atom stereocenters. The zero-order valence-electron chi connectivity index (χ0n) is 19.8. The maximum atomic E-state index is 12.7. The summed E-state index contributed by atoms with van der Waals surface area (Å²) in [4.78, 5) is 15.0. The molecule has 1 aliphatic heterocycles. The van der Waals surface area contributed by atoms with E-state index in [0.29, 0.717) is 56.6 Å². The largest absolute Gasteiger partial charge is 0.492 e. The van der Waals surface area contributed by atoms with Crippen molar-refractivity contribution in [2.45, 2.75) is 46.5 Å². The first-order valence-corrected chi connectivity index (χ1v) is 11.7. The number of rotatable bonds is 10. The number of anilines is 2. The van der Waals surface area contributed by atoms with Crippen molar-refractivity contribution >= 4 is 17.3 Å². The zero-order chi connectivity index (χ0) is 22.9. The zero-order valence-corrected chi connectivity index (χ0v) is 19.8. The number of morpholine rings is 1. The van der Waals surface area contributed by atoms with Gasteiger partial charge in [-0.2, -0.15) is 0 Å². The quantitative estimate of drug-likeness (QED) is 0.562. The second-order valence-corrected chi connectivity index (χ2v) is 8.23. The maximum absolute atomic E-state index is 12.7. The number of hydrogen-bond donors (Lipinski definition) is 1. The molecule has 1 N–H and O–H groups in total. The number of hydrogen-bond acceptors (Lipinski definition) is 5. The van der Waals surface area contributed by atoms with Gasteiger partial charge in [-0.3, -0.25) is 4.79 Å². The average molecular weight is 441 g/mol. The molecule has 1 saturated heterocycles. The Bertz CT molecular complexity index is 874. The smallest absolute Gasteiger partial charge is 0.224 e. The van der Waals surface area contributed by atoms with Crippen molar-refractivity contribution in [1.29, 1.82) is 0 Å². The lowest BCUT2D eigenvalue weighted by Crippen LogP contribution is -2.36. The molecule has 1 aliphatic rings. The predicted octanol–water partition coefficient (Wildman–Crippen LogP) is 5.02. The van der Waals surface area contributed by atoms with Crippen LogP contribution in [-0.4, -0.2) is 45.4 Å². The molecule has 0 unspecified atom stereocenters. The van der Waals surface area contributed by atoms with Crippen LogP contribution in [0.4, 0.5) is 11.4 Å². The van der Waals surface area contributed by atoms with E-state index in [1.54, 1.807) is 0 Å². The highest BCUT2D eigenvalue weighted by Crippen LogP contribution is 2.39. The highest BCUT2D eigenvalue weighted by atomic mass is 16.5. The predicted molar refractivity (Wildman–Crippen MR) is 129 cm³/mol. The van der Waals surface area contributed by atoms with Crippen LogP contribution in [0.25, 0.3) is 0 Å². The van der Waals surface area contributed by atoms with Gasteiger partial charge in [-0.15, -0.1) is 0 Å². The standard InChI is InChI=1S/C26H36N2O4/c1-5-31-24-18-23(28-13-15-30-16-14-28)25(32-6-2)17-22(24)27-26(29)12-9-20-7-10-21(11-8-20)19(3)4/h7-8,10-11,17-19H,5-6,9,12-16H2,1-4H3,(H,27,29). The number of amides is 1. The van der Waals surface area contributed by atoms with E-state index < -0.39 is 0 Å². The van der Waals surface area contributed by atoms with Gasteiger partial charge in [0.1, 0.15) is 11.5 Å². The first-order chi connectivity index (χ1) is 15.5. The molecule has 0 aliphatic carbocycles. The van der Waals surface area contributed by atoms with Gasteiger partial charge in [0, 0.05) is 31.6 Å². The van der Waals surface area contributed by atoms with E-state index in [4.69, 9.17) is 14.2 Å². The number of aryl methyl sites for hydroxylation is 1. The van der Waals surface area contributed by atoms with Gasteiger partial charge in [-0.05, 0) is 37.3 Å². The highest BCUT2D eigenvalue weighted by Gasteiger charge is 2.20. The number of nitrogens with one attached hydrogen (secondary N) is 1. The van der Waals surface area contributed by atoms with Crippen molar-refractivity contribution in [3.05, 3.63) is 47.5 Å². The van der Waals surface area contributed by atoms with E-state index in [9.17, 15) is 4.79 Å². The Morgan fingerprint density at radius 1 is 1.03 bits per heavy atom. The molecule has 1 amide bonds. The Labute approximate surface area is 191 Å². The van der Waals surface area contributed by atoms with Gasteiger partial charge in [-0.1, -0.05) is 38.1 Å². The summed E-state index contributed by atoms with van der Waals surface area (Å²) in [5.41, 5.74) is 4.09. The topological polar surface area (TPSA) is 60.0 Å². The lowest BCUT2D eigenvalue weighted by atomic mass is 10.0. The molecule has 174 valence electrons. The minimum Gasteiger partial charge on any atom is -0.492 e. The molecule has 3 rings (SSSR count). The second-order valence-electron chi connectivity index (χ2n) is 8.23. The van der Waals surface area contributed by atoms with Crippen LogP contribution >= 0.6 is 0 Å². The fourth-order valence-corrected chi connectivity index (χ4v) is 3.78. The van der Waals surface area contributed by atoms with E-state index in [1.165, 1.54) is 5.56 Å². The molecular weight excluding hydrogens is 404 g/mol. The van der Waals surface area contributed by atoms with Gasteiger partial charge < -0.3 is 24.4 Å². The first kappa shape index (κ1) is 23.9. The minimum absolute atomic E-state index is 0.0412. The molecule has 0 saturated carbocycles. The number of nitrogens with zero attached hydrogens (tertiary/aromatic N) is 1. The van der Waals surface area contributed by atoms with Crippen molar-refractivity contribution < 1.29 is 19.0 Å². The van der Waals surface area contributed by atoms with E-state index in [-0.39, 0.29) is 5.91 Å². The first-order valence-electron chi connectivity index (χ1n) is 11.7. The fraction of sp³-hybridized carbons (Fsp3) is 0.500. The molecule has 0 spiro atoms. The molecular formula is C26H36N2O4. The highest BCUT2D eigenvalue weighted by molar-refractivity contribution is 5.93. The number of carbonyl (C=O) groups is 1. The molecule has 0 aromatic heterocycles. The summed E-state index contributed by atoms with van der Waals surface area (Å²) in [5.74, 6) is 1.87. The molecule has 6 heteroatoms. The summed E-state index contributed by atoms with van der Waals surface area (Å²) in [5, 5.41) is 3.04. The van der Waals surface area contributed by atoms with Gasteiger partial charge in [0.25, 0.3) is 0 Å². The lowest BCUT2D eigenvalue weighted by Gasteiger charge is -2.31. The molecule has 6 nitrogen and oxygen atoms in total. The van der Waals surface area contributed by atoms with Gasteiger partial charge in [-0.25, -0.2) is 0 Å². The van der Waals surface area contributed by atoms with Crippen LogP contribution in [0.3, 0.4) is 0 Å². The van der Waals surface area contributed by atoms with Crippen LogP contribution in [0.2, 0.25) is 0 Å². The Morgan fingerprint density at radius 3 is 2.31 bits per heavy atom. The van der Waals surface area contributed by atoms with Crippen molar-refractivity contribution in [3.8, 4) is 11.5 Å². The Kier molecular flexibility index (Phi) is 8.80. The molecule has 0 radical (unpaired) electrons. The fourth-order valence-electron chi connectivity index (χ4n) is 3.78. The Balaban J connectivity index is 1.73. The summed E-state index contributed by atoms with van der Waals surface area (Å²) in [6.07, 6.45) is 1.10. The molecule has 1 heterocycles. The normalized spacial score (nSPS) is 13.8. The van der Waals surface area contributed by atoms with E-state index in [0.717, 1.165) is 30.1 Å². The van der Waals surface area contributed by atoms with Crippen LogP contribution in [0.1, 0.15) is 51.2 Å². The summed E-state index contributed by atoms with van der Waals surface area (Å²) in [6, 6.07) is 12.4. The van der Waals surface area contributed by atoms with Gasteiger partial charge >= 0.3 is 0 Å². The van der Waals surface area contributed by atoms with E-state index in [2.05, 4.69) is 48.3 Å². The third-order valence-corrected chi connectivity index (χ3v) is 5.57. The third-order valence-electron chi connectivity index (χ3n) is 5.57. The van der Waals surface area contributed by atoms with Crippen LogP contribution in [-0.2, 0) is 16.0 Å². The molecule has 2 aromatic carbocycles. The molecule has 2 aromatic rings. The van der Waals surface area contributed by atoms with Crippen molar-refractivity contribution in [1.82, 2.24) is 0 Å². The van der Waals surface area contributed by atoms with Crippen LogP contribution < -0.4 is 19.7 Å². The van der Waals surface area contributed by atoms with E-state index in [1.807, 2.05) is 26.0 Å². The van der Waals surface area contributed by atoms with Gasteiger partial charge in [0.05, 0.1) is 37.8 Å². The van der Waals surface area contributed by atoms with E-state index >= 15 is 0 Å². The van der Waals surface area contributed by atoms with Crippen molar-refractivity contribution in [2.24, 2.45) is 0 Å². The van der Waals surface area contributed by atoms with Crippen LogP contribution in [0.15, 0.2) is 36.4 Å². The summed E-state index contributed by atoms with van der Waals surface area (Å²) in [7, 11) is 0. The molecule has 1 fully saturated rings. The summed E-state index contributed by atoms with van der Waals surface area (Å²) in [6.45, 7) is 12.3. The third kappa shape index (κ3) is 6.39.